The zero-order valence-electron chi connectivity index (χ0n) is 12.2. The molecule has 2 fully saturated rings. The Morgan fingerprint density at radius 2 is 1.90 bits per heavy atom. The maximum atomic E-state index is 6.58. The molecule has 1 aromatic rings. The number of fused-ring (bicyclic) bond motifs is 1. The molecule has 108 valence electrons. The molecular weight excluding hydrogens is 246 g/mol. The van der Waals surface area contributed by atoms with Crippen molar-refractivity contribution >= 4 is 0 Å². The third kappa shape index (κ3) is 1.85. The van der Waals surface area contributed by atoms with Crippen LogP contribution in [0.3, 0.4) is 0 Å². The van der Waals surface area contributed by atoms with E-state index < -0.39 is 0 Å². The number of ether oxygens (including phenoxy) is 1. The van der Waals surface area contributed by atoms with E-state index in [1.165, 1.54) is 56.1 Å². The molecule has 2 saturated carbocycles. The predicted octanol–water partition coefficient (Wildman–Crippen LogP) is 3.74. The molecule has 3 atom stereocenters. The van der Waals surface area contributed by atoms with E-state index in [0.29, 0.717) is 23.7 Å². The number of hydrogen-bond acceptors (Lipinski definition) is 2. The molecule has 3 aliphatic carbocycles. The molecular formula is C18H25NO. The molecule has 3 unspecified atom stereocenters. The Bertz CT molecular complexity index is 492. The summed E-state index contributed by atoms with van der Waals surface area (Å²) in [5.74, 6) is 0. The molecule has 20 heavy (non-hydrogen) atoms. The zero-order valence-corrected chi connectivity index (χ0v) is 12.2. The SMILES string of the molecule is NC1CC(OC2CCCc3ccccc32)C12CCCC2. The zero-order chi connectivity index (χ0) is 13.6. The van der Waals surface area contributed by atoms with Gasteiger partial charge in [0, 0.05) is 11.5 Å². The molecule has 0 aromatic heterocycles. The standard InChI is InChI=1S/C18H25NO/c19-16-12-17(18(16)10-3-4-11-18)20-15-9-5-7-13-6-1-2-8-14(13)15/h1-2,6,8,15-17H,3-5,7,9-12,19H2. The highest BCUT2D eigenvalue weighted by atomic mass is 16.5. The van der Waals surface area contributed by atoms with Crippen LogP contribution in [0.2, 0.25) is 0 Å². The van der Waals surface area contributed by atoms with Gasteiger partial charge in [-0.3, -0.25) is 0 Å². The van der Waals surface area contributed by atoms with Crippen LogP contribution in [0.1, 0.15) is 62.2 Å². The maximum Gasteiger partial charge on any atom is 0.0831 e. The van der Waals surface area contributed by atoms with E-state index in [-0.39, 0.29) is 0 Å². The Balaban J connectivity index is 1.53. The molecule has 1 aromatic carbocycles. The quantitative estimate of drug-likeness (QED) is 0.889. The third-order valence-corrected chi connectivity index (χ3v) is 6.03. The van der Waals surface area contributed by atoms with Crippen LogP contribution in [0.15, 0.2) is 24.3 Å². The lowest BCUT2D eigenvalue weighted by Gasteiger charge is -2.53. The van der Waals surface area contributed by atoms with Gasteiger partial charge in [0.2, 0.25) is 0 Å². The van der Waals surface area contributed by atoms with Crippen molar-refractivity contribution < 1.29 is 4.74 Å². The van der Waals surface area contributed by atoms with Crippen LogP contribution in [-0.2, 0) is 11.2 Å². The second-order valence-electron chi connectivity index (χ2n) is 6.99. The van der Waals surface area contributed by atoms with Crippen molar-refractivity contribution in [3.05, 3.63) is 35.4 Å². The van der Waals surface area contributed by atoms with E-state index in [0.717, 1.165) is 6.42 Å². The highest BCUT2D eigenvalue weighted by molar-refractivity contribution is 5.31. The van der Waals surface area contributed by atoms with Crippen molar-refractivity contribution in [2.24, 2.45) is 11.1 Å². The fourth-order valence-corrected chi connectivity index (χ4v) is 4.74. The lowest BCUT2D eigenvalue weighted by molar-refractivity contribution is -0.157. The van der Waals surface area contributed by atoms with E-state index in [9.17, 15) is 0 Å². The van der Waals surface area contributed by atoms with Gasteiger partial charge in [0.15, 0.2) is 0 Å². The first-order chi connectivity index (χ1) is 9.79. The van der Waals surface area contributed by atoms with Gasteiger partial charge in [-0.1, -0.05) is 37.1 Å². The van der Waals surface area contributed by atoms with E-state index in [4.69, 9.17) is 10.5 Å². The van der Waals surface area contributed by atoms with Crippen LogP contribution in [0.25, 0.3) is 0 Å². The Kier molecular flexibility index (Phi) is 3.12. The summed E-state index contributed by atoms with van der Waals surface area (Å²) in [7, 11) is 0. The number of nitrogens with two attached hydrogens (primary N) is 1. The van der Waals surface area contributed by atoms with Crippen LogP contribution in [0, 0.1) is 5.41 Å². The molecule has 0 heterocycles. The molecule has 0 radical (unpaired) electrons. The molecule has 0 aliphatic heterocycles. The first-order valence-corrected chi connectivity index (χ1v) is 8.28. The summed E-state index contributed by atoms with van der Waals surface area (Å²) < 4.78 is 6.58. The van der Waals surface area contributed by atoms with Crippen molar-refractivity contribution in [2.45, 2.75) is 69.6 Å². The first-order valence-electron chi connectivity index (χ1n) is 8.28. The van der Waals surface area contributed by atoms with Crippen LogP contribution >= 0.6 is 0 Å². The number of aryl methyl sites for hydroxylation is 1. The Hall–Kier alpha value is -0.860. The van der Waals surface area contributed by atoms with Crippen molar-refractivity contribution in [1.29, 1.82) is 0 Å². The lowest BCUT2D eigenvalue weighted by atomic mass is 9.61. The van der Waals surface area contributed by atoms with E-state index >= 15 is 0 Å². The van der Waals surface area contributed by atoms with Crippen molar-refractivity contribution in [3.8, 4) is 0 Å². The summed E-state index contributed by atoms with van der Waals surface area (Å²) in [6.45, 7) is 0. The average molecular weight is 271 g/mol. The second kappa shape index (κ2) is 4.85. The second-order valence-corrected chi connectivity index (χ2v) is 6.99. The highest BCUT2D eigenvalue weighted by Crippen LogP contribution is 2.55. The molecule has 3 aliphatic rings. The summed E-state index contributed by atoms with van der Waals surface area (Å²) in [6, 6.07) is 9.22. The van der Waals surface area contributed by atoms with Crippen molar-refractivity contribution in [1.82, 2.24) is 0 Å². The Morgan fingerprint density at radius 3 is 2.70 bits per heavy atom. The Labute approximate surface area is 121 Å². The van der Waals surface area contributed by atoms with Gasteiger partial charge in [0.1, 0.15) is 0 Å². The third-order valence-electron chi connectivity index (χ3n) is 6.03. The molecule has 1 spiro atoms. The molecule has 2 N–H and O–H groups in total. The maximum absolute atomic E-state index is 6.58. The topological polar surface area (TPSA) is 35.2 Å². The first kappa shape index (κ1) is 12.8. The fourth-order valence-electron chi connectivity index (χ4n) is 4.74. The summed E-state index contributed by atoms with van der Waals surface area (Å²) >= 11 is 0. The van der Waals surface area contributed by atoms with Crippen LogP contribution in [0.4, 0.5) is 0 Å². The van der Waals surface area contributed by atoms with Crippen LogP contribution in [-0.4, -0.2) is 12.1 Å². The van der Waals surface area contributed by atoms with Gasteiger partial charge in [0.05, 0.1) is 12.2 Å². The smallest absolute Gasteiger partial charge is 0.0831 e. The summed E-state index contributed by atoms with van der Waals surface area (Å²) in [5, 5.41) is 0. The number of benzene rings is 1. The minimum absolute atomic E-state index is 0.315. The molecule has 4 rings (SSSR count). The van der Waals surface area contributed by atoms with E-state index in [1.54, 1.807) is 0 Å². The van der Waals surface area contributed by atoms with Crippen molar-refractivity contribution in [2.75, 3.05) is 0 Å². The van der Waals surface area contributed by atoms with E-state index in [2.05, 4.69) is 24.3 Å². The van der Waals surface area contributed by atoms with Gasteiger partial charge in [-0.05, 0) is 49.7 Å². The largest absolute Gasteiger partial charge is 0.370 e. The molecule has 0 saturated heterocycles. The number of rotatable bonds is 2. The molecule has 0 bridgehead atoms. The van der Waals surface area contributed by atoms with Crippen LogP contribution in [0.5, 0.6) is 0 Å². The molecule has 2 nitrogen and oxygen atoms in total. The predicted molar refractivity (Wildman–Crippen MR) is 80.5 cm³/mol. The van der Waals surface area contributed by atoms with Gasteiger partial charge in [-0.25, -0.2) is 0 Å². The minimum Gasteiger partial charge on any atom is -0.370 e. The van der Waals surface area contributed by atoms with Crippen LogP contribution < -0.4 is 5.73 Å². The molecule has 2 heteroatoms. The monoisotopic (exact) mass is 271 g/mol. The summed E-state index contributed by atoms with van der Waals surface area (Å²) in [5.41, 5.74) is 9.59. The van der Waals surface area contributed by atoms with Crippen molar-refractivity contribution in [3.63, 3.8) is 0 Å². The normalized spacial score (nSPS) is 34.8. The summed E-state index contributed by atoms with van der Waals surface area (Å²) in [4.78, 5) is 0. The minimum atomic E-state index is 0.315. The van der Waals surface area contributed by atoms with Gasteiger partial charge in [-0.15, -0.1) is 0 Å². The van der Waals surface area contributed by atoms with Gasteiger partial charge in [0.25, 0.3) is 0 Å². The summed E-state index contributed by atoms with van der Waals surface area (Å²) in [6.07, 6.45) is 10.7. The van der Waals surface area contributed by atoms with E-state index in [1.807, 2.05) is 0 Å². The highest BCUT2D eigenvalue weighted by Gasteiger charge is 2.55. The average Bonchev–Trinajstić information content (AvgIpc) is 3.00. The molecule has 0 amide bonds. The number of hydrogen-bond donors (Lipinski definition) is 1. The fraction of sp³-hybridized carbons (Fsp3) is 0.667. The lowest BCUT2D eigenvalue weighted by Crippen LogP contribution is -2.61. The van der Waals surface area contributed by atoms with Gasteiger partial charge >= 0.3 is 0 Å². The van der Waals surface area contributed by atoms with Gasteiger partial charge in [-0.2, -0.15) is 0 Å². The Morgan fingerprint density at radius 1 is 1.10 bits per heavy atom. The van der Waals surface area contributed by atoms with Gasteiger partial charge < -0.3 is 10.5 Å².